The van der Waals surface area contributed by atoms with Crippen LogP contribution in [-0.4, -0.2) is 47.4 Å². The third kappa shape index (κ3) is 1.49. The van der Waals surface area contributed by atoms with Crippen molar-refractivity contribution in [2.45, 2.75) is 52.2 Å². The van der Waals surface area contributed by atoms with Gasteiger partial charge in [0, 0.05) is 25.2 Å². The number of hydrogen-bond donors (Lipinski definition) is 0. The largest absolute Gasteiger partial charge is 0.342 e. The Bertz CT molecular complexity index is 173. The topological polar surface area (TPSA) is 15.7 Å². The Labute approximate surface area is 80.6 Å². The summed E-state index contributed by atoms with van der Waals surface area (Å²) in [6, 6.07) is 1.23. The lowest BCUT2D eigenvalue weighted by Crippen LogP contribution is -2.50. The van der Waals surface area contributed by atoms with E-state index < -0.39 is 0 Å². The highest BCUT2D eigenvalue weighted by Gasteiger charge is 2.45. The minimum absolute atomic E-state index is 0.354. The molecular weight excluding hydrogens is 164 g/mol. The minimum atomic E-state index is 0.354. The number of piperazine rings is 1. The van der Waals surface area contributed by atoms with Gasteiger partial charge in [0.15, 0.2) is 0 Å². The summed E-state index contributed by atoms with van der Waals surface area (Å²) in [5.41, 5.74) is 0. The molecule has 2 aliphatic heterocycles. The van der Waals surface area contributed by atoms with E-state index in [2.05, 4.69) is 37.5 Å². The van der Waals surface area contributed by atoms with E-state index in [1.165, 1.54) is 0 Å². The van der Waals surface area contributed by atoms with Gasteiger partial charge in [-0.3, -0.25) is 9.80 Å². The molecule has 3 nitrogen and oxygen atoms in total. The molecule has 0 aromatic heterocycles. The van der Waals surface area contributed by atoms with Crippen molar-refractivity contribution in [2.24, 2.45) is 0 Å². The first kappa shape index (κ1) is 9.44. The average Bonchev–Trinajstić information content (AvgIpc) is 2.60. The van der Waals surface area contributed by atoms with Gasteiger partial charge in [-0.05, 0) is 27.7 Å². The van der Waals surface area contributed by atoms with Crippen molar-refractivity contribution in [1.29, 1.82) is 0 Å². The Hall–Kier alpha value is -0.120. The molecule has 0 aromatic carbocycles. The van der Waals surface area contributed by atoms with E-state index >= 15 is 0 Å². The van der Waals surface area contributed by atoms with Crippen LogP contribution in [0.15, 0.2) is 0 Å². The zero-order valence-corrected chi connectivity index (χ0v) is 9.03. The Kier molecular flexibility index (Phi) is 2.34. The standard InChI is InChI=1S/C10H20N2O/c1-7(2)11-5-10-12(8(3)4)6-9(11)13-10/h7-10H,5-6H2,1-4H3. The zero-order chi connectivity index (χ0) is 9.59. The quantitative estimate of drug-likeness (QED) is 0.639. The van der Waals surface area contributed by atoms with Crippen molar-refractivity contribution < 1.29 is 4.74 Å². The van der Waals surface area contributed by atoms with Crippen LogP contribution in [0, 0.1) is 0 Å². The van der Waals surface area contributed by atoms with Crippen molar-refractivity contribution in [3.05, 3.63) is 0 Å². The predicted molar refractivity (Wildman–Crippen MR) is 52.3 cm³/mol. The smallest absolute Gasteiger partial charge is 0.126 e. The average molecular weight is 184 g/mol. The molecule has 0 saturated carbocycles. The fraction of sp³-hybridized carbons (Fsp3) is 1.00. The normalized spacial score (nSPS) is 35.5. The van der Waals surface area contributed by atoms with E-state index in [9.17, 15) is 0 Å². The van der Waals surface area contributed by atoms with E-state index in [1.807, 2.05) is 0 Å². The summed E-state index contributed by atoms with van der Waals surface area (Å²) in [7, 11) is 0. The maximum Gasteiger partial charge on any atom is 0.126 e. The summed E-state index contributed by atoms with van der Waals surface area (Å²) in [5.74, 6) is 0. The SMILES string of the molecule is CC(C)N1CC2OC1CN2C(C)C. The van der Waals surface area contributed by atoms with Gasteiger partial charge in [0.25, 0.3) is 0 Å². The van der Waals surface area contributed by atoms with Gasteiger partial charge < -0.3 is 4.74 Å². The van der Waals surface area contributed by atoms with Gasteiger partial charge in [-0.2, -0.15) is 0 Å². The molecule has 2 heterocycles. The van der Waals surface area contributed by atoms with Crippen LogP contribution >= 0.6 is 0 Å². The van der Waals surface area contributed by atoms with Crippen molar-refractivity contribution in [3.63, 3.8) is 0 Å². The summed E-state index contributed by atoms with van der Waals surface area (Å²) >= 11 is 0. The molecular formula is C10H20N2O. The Morgan fingerprint density at radius 2 is 1.31 bits per heavy atom. The second-order valence-corrected chi connectivity index (χ2v) is 4.63. The summed E-state index contributed by atoms with van der Waals surface area (Å²) in [5, 5.41) is 0. The molecule has 0 spiro atoms. The van der Waals surface area contributed by atoms with Crippen molar-refractivity contribution >= 4 is 0 Å². The number of fused-ring (bicyclic) bond motifs is 2. The highest BCUT2D eigenvalue weighted by Crippen LogP contribution is 2.30. The molecule has 0 N–H and O–H groups in total. The molecule has 76 valence electrons. The first-order valence-electron chi connectivity index (χ1n) is 5.26. The van der Waals surface area contributed by atoms with E-state index in [0.29, 0.717) is 24.5 Å². The van der Waals surface area contributed by atoms with Crippen molar-refractivity contribution in [3.8, 4) is 0 Å². The summed E-state index contributed by atoms with van der Waals surface area (Å²) in [4.78, 5) is 4.90. The van der Waals surface area contributed by atoms with Crippen molar-refractivity contribution in [1.82, 2.24) is 9.80 Å². The summed E-state index contributed by atoms with van der Waals surface area (Å²) in [6.45, 7) is 11.1. The molecule has 3 heteroatoms. The molecule has 2 fully saturated rings. The van der Waals surface area contributed by atoms with Gasteiger partial charge >= 0.3 is 0 Å². The van der Waals surface area contributed by atoms with Crippen LogP contribution in [0.25, 0.3) is 0 Å². The number of ether oxygens (including phenoxy) is 1. The molecule has 13 heavy (non-hydrogen) atoms. The van der Waals surface area contributed by atoms with Crippen LogP contribution in [-0.2, 0) is 4.74 Å². The van der Waals surface area contributed by atoms with E-state index in [-0.39, 0.29) is 0 Å². The second-order valence-electron chi connectivity index (χ2n) is 4.63. The predicted octanol–water partition coefficient (Wildman–Crippen LogP) is 1.10. The van der Waals surface area contributed by atoms with Crippen LogP contribution < -0.4 is 0 Å². The minimum Gasteiger partial charge on any atom is -0.342 e. The molecule has 0 aliphatic carbocycles. The van der Waals surface area contributed by atoms with Crippen LogP contribution in [0.2, 0.25) is 0 Å². The van der Waals surface area contributed by atoms with Gasteiger partial charge in [-0.25, -0.2) is 0 Å². The molecule has 0 amide bonds. The Morgan fingerprint density at radius 1 is 0.923 bits per heavy atom. The van der Waals surface area contributed by atoms with Crippen molar-refractivity contribution in [2.75, 3.05) is 13.1 Å². The molecule has 0 radical (unpaired) electrons. The van der Waals surface area contributed by atoms with E-state index in [1.54, 1.807) is 0 Å². The lowest BCUT2D eigenvalue weighted by atomic mass is 10.2. The number of rotatable bonds is 2. The first-order chi connectivity index (χ1) is 6.09. The lowest BCUT2D eigenvalue weighted by molar-refractivity contribution is 0.0309. The van der Waals surface area contributed by atoms with Gasteiger partial charge in [-0.1, -0.05) is 0 Å². The third-order valence-corrected chi connectivity index (χ3v) is 3.11. The van der Waals surface area contributed by atoms with Crippen LogP contribution in [0.3, 0.4) is 0 Å². The molecule has 2 atom stereocenters. The van der Waals surface area contributed by atoms with Crippen LogP contribution in [0.1, 0.15) is 27.7 Å². The molecule has 2 aliphatic rings. The number of nitrogens with zero attached hydrogens (tertiary/aromatic N) is 2. The lowest BCUT2D eigenvalue weighted by Gasteiger charge is -2.34. The summed E-state index contributed by atoms with van der Waals surface area (Å²) in [6.07, 6.45) is 0.708. The second kappa shape index (κ2) is 3.23. The molecule has 2 bridgehead atoms. The molecule has 0 aromatic rings. The Morgan fingerprint density at radius 3 is 1.54 bits per heavy atom. The molecule has 2 unspecified atom stereocenters. The monoisotopic (exact) mass is 184 g/mol. The van der Waals surface area contributed by atoms with E-state index in [0.717, 1.165) is 13.1 Å². The molecule has 2 saturated heterocycles. The Balaban J connectivity index is 1.99. The fourth-order valence-electron chi connectivity index (χ4n) is 2.32. The third-order valence-electron chi connectivity index (χ3n) is 3.11. The maximum atomic E-state index is 5.87. The van der Waals surface area contributed by atoms with Gasteiger partial charge in [0.05, 0.1) is 0 Å². The van der Waals surface area contributed by atoms with Crippen LogP contribution in [0.5, 0.6) is 0 Å². The van der Waals surface area contributed by atoms with E-state index in [4.69, 9.17) is 4.74 Å². The van der Waals surface area contributed by atoms with Gasteiger partial charge in [-0.15, -0.1) is 0 Å². The maximum absolute atomic E-state index is 5.87. The highest BCUT2D eigenvalue weighted by atomic mass is 16.6. The molecule has 2 rings (SSSR count). The highest BCUT2D eigenvalue weighted by molar-refractivity contribution is 4.90. The first-order valence-corrected chi connectivity index (χ1v) is 5.26. The van der Waals surface area contributed by atoms with Gasteiger partial charge in [0.2, 0.25) is 0 Å². The zero-order valence-electron chi connectivity index (χ0n) is 9.03. The fourth-order valence-corrected chi connectivity index (χ4v) is 2.32. The summed E-state index contributed by atoms with van der Waals surface area (Å²) < 4.78 is 5.87. The van der Waals surface area contributed by atoms with Gasteiger partial charge in [0.1, 0.15) is 12.5 Å². The van der Waals surface area contributed by atoms with Crippen LogP contribution in [0.4, 0.5) is 0 Å². The number of hydrogen-bond acceptors (Lipinski definition) is 3.